The molecule has 2 amide bonds. The van der Waals surface area contributed by atoms with Gasteiger partial charge in [0.25, 0.3) is 0 Å². The molecular formula is C21H32N2O4. The highest BCUT2D eigenvalue weighted by Crippen LogP contribution is 2.27. The van der Waals surface area contributed by atoms with E-state index < -0.39 is 11.9 Å². The van der Waals surface area contributed by atoms with Crippen molar-refractivity contribution in [3.05, 3.63) is 29.8 Å². The second-order valence-electron chi connectivity index (χ2n) is 8.86. The summed E-state index contributed by atoms with van der Waals surface area (Å²) >= 11 is 0. The Morgan fingerprint density at radius 2 is 1.74 bits per heavy atom. The Bertz CT molecular complexity index is 654. The lowest BCUT2D eigenvalue weighted by atomic mass is 9.91. The van der Waals surface area contributed by atoms with Crippen molar-refractivity contribution in [3.63, 3.8) is 0 Å². The molecule has 6 heteroatoms. The molecule has 27 heavy (non-hydrogen) atoms. The van der Waals surface area contributed by atoms with Crippen LogP contribution in [0.2, 0.25) is 0 Å². The summed E-state index contributed by atoms with van der Waals surface area (Å²) in [7, 11) is 0. The molecule has 0 radical (unpaired) electrons. The van der Waals surface area contributed by atoms with E-state index in [1.807, 2.05) is 45.0 Å². The van der Waals surface area contributed by atoms with E-state index in [4.69, 9.17) is 4.74 Å². The number of hydrogen-bond donors (Lipinski definition) is 2. The summed E-state index contributed by atoms with van der Waals surface area (Å²) in [4.78, 5) is 26.1. The third-order valence-electron chi connectivity index (χ3n) is 4.69. The fraction of sp³-hybridized carbons (Fsp3) is 0.619. The molecule has 1 aromatic carbocycles. The molecule has 150 valence electrons. The number of carbonyl (C=O) groups is 2. The maximum atomic E-state index is 12.3. The fourth-order valence-electron chi connectivity index (χ4n) is 3.04. The quantitative estimate of drug-likeness (QED) is 0.775. The summed E-state index contributed by atoms with van der Waals surface area (Å²) in [5.41, 5.74) is 1.72. The normalized spacial score (nSPS) is 16.9. The molecule has 0 aliphatic carbocycles. The zero-order valence-corrected chi connectivity index (χ0v) is 17.0. The molecule has 1 fully saturated rings. The molecular weight excluding hydrogens is 344 g/mol. The highest BCUT2D eigenvalue weighted by molar-refractivity contribution is 5.84. The largest absolute Gasteiger partial charge is 0.417 e. The number of anilines is 1. The van der Waals surface area contributed by atoms with Crippen LogP contribution in [0.25, 0.3) is 0 Å². The highest BCUT2D eigenvalue weighted by atomic mass is 16.7. The Labute approximate surface area is 161 Å². The number of ether oxygens (including phenoxy) is 1. The highest BCUT2D eigenvalue weighted by Gasteiger charge is 2.38. The lowest BCUT2D eigenvalue weighted by Gasteiger charge is -2.38. The number of benzene rings is 1. The molecule has 6 nitrogen and oxygen atoms in total. The van der Waals surface area contributed by atoms with E-state index in [9.17, 15) is 14.7 Å². The van der Waals surface area contributed by atoms with Gasteiger partial charge in [-0.2, -0.15) is 0 Å². The van der Waals surface area contributed by atoms with Crippen molar-refractivity contribution in [1.82, 2.24) is 4.90 Å². The lowest BCUT2D eigenvalue weighted by Crippen LogP contribution is -2.49. The Kier molecular flexibility index (Phi) is 6.52. The summed E-state index contributed by atoms with van der Waals surface area (Å²) in [6, 6.07) is 7.53. The third-order valence-corrected chi connectivity index (χ3v) is 4.69. The van der Waals surface area contributed by atoms with Gasteiger partial charge in [-0.05, 0) is 29.0 Å². The van der Waals surface area contributed by atoms with Crippen LogP contribution in [-0.2, 0) is 9.53 Å². The zero-order chi connectivity index (χ0) is 20.2. The molecule has 1 aliphatic heterocycles. The summed E-state index contributed by atoms with van der Waals surface area (Å²) < 4.78 is 5.26. The summed E-state index contributed by atoms with van der Waals surface area (Å²) in [5, 5.41) is 13.2. The Balaban J connectivity index is 1.85. The predicted octanol–water partition coefficient (Wildman–Crippen LogP) is 4.11. The van der Waals surface area contributed by atoms with Crippen LogP contribution in [0.15, 0.2) is 24.3 Å². The molecule has 2 N–H and O–H groups in total. The number of amides is 2. The second kappa shape index (κ2) is 8.30. The number of likely N-dealkylation sites (tertiary alicyclic amines) is 1. The van der Waals surface area contributed by atoms with Gasteiger partial charge in [0, 0.05) is 38.0 Å². The molecule has 2 rings (SSSR count). The average Bonchev–Trinajstić information content (AvgIpc) is 2.53. The molecule has 0 aromatic heterocycles. The van der Waals surface area contributed by atoms with Gasteiger partial charge in [0.2, 0.25) is 11.7 Å². The average molecular weight is 376 g/mol. The van der Waals surface area contributed by atoms with Gasteiger partial charge in [0.15, 0.2) is 0 Å². The minimum atomic E-state index is -1.54. The van der Waals surface area contributed by atoms with Crippen LogP contribution in [0.4, 0.5) is 10.5 Å². The topological polar surface area (TPSA) is 78.9 Å². The van der Waals surface area contributed by atoms with Gasteiger partial charge >= 0.3 is 6.09 Å². The maximum absolute atomic E-state index is 12.3. The number of piperidine rings is 1. The van der Waals surface area contributed by atoms with Crippen molar-refractivity contribution < 1.29 is 19.4 Å². The summed E-state index contributed by atoms with van der Waals surface area (Å²) in [6.45, 7) is 11.0. The van der Waals surface area contributed by atoms with Gasteiger partial charge in [0.05, 0.1) is 0 Å². The minimum Gasteiger partial charge on any atom is -0.417 e. The maximum Gasteiger partial charge on any atom is 0.414 e. The smallest absolute Gasteiger partial charge is 0.414 e. The van der Waals surface area contributed by atoms with Crippen LogP contribution in [0.1, 0.15) is 65.4 Å². The molecule has 0 atom stereocenters. The molecule has 0 spiro atoms. The van der Waals surface area contributed by atoms with E-state index >= 15 is 0 Å². The van der Waals surface area contributed by atoms with Crippen LogP contribution in [0, 0.1) is 5.41 Å². The Morgan fingerprint density at radius 3 is 2.22 bits per heavy atom. The number of rotatable bonds is 4. The van der Waals surface area contributed by atoms with E-state index in [2.05, 4.69) is 19.2 Å². The molecule has 1 aliphatic rings. The van der Waals surface area contributed by atoms with Crippen LogP contribution in [0.5, 0.6) is 0 Å². The molecule has 1 heterocycles. The summed E-state index contributed by atoms with van der Waals surface area (Å²) in [6.07, 6.45) is 0.189. The predicted molar refractivity (Wildman–Crippen MR) is 105 cm³/mol. The van der Waals surface area contributed by atoms with E-state index in [0.717, 1.165) is 0 Å². The van der Waals surface area contributed by atoms with Gasteiger partial charge in [-0.25, -0.2) is 4.79 Å². The van der Waals surface area contributed by atoms with E-state index in [1.54, 1.807) is 4.90 Å². The first kappa shape index (κ1) is 21.2. The van der Waals surface area contributed by atoms with Crippen LogP contribution >= 0.6 is 0 Å². The zero-order valence-electron chi connectivity index (χ0n) is 17.0. The molecule has 0 unspecified atom stereocenters. The van der Waals surface area contributed by atoms with E-state index in [-0.39, 0.29) is 24.2 Å². The first-order valence-corrected chi connectivity index (χ1v) is 9.58. The first-order chi connectivity index (χ1) is 12.5. The van der Waals surface area contributed by atoms with E-state index in [0.29, 0.717) is 31.1 Å². The summed E-state index contributed by atoms with van der Waals surface area (Å²) in [5.74, 6) is -1.06. The number of aliphatic hydroxyl groups is 1. The number of nitrogens with zero attached hydrogens (tertiary/aromatic N) is 1. The van der Waals surface area contributed by atoms with Crippen molar-refractivity contribution in [1.29, 1.82) is 0 Å². The minimum absolute atomic E-state index is 0.0687. The lowest BCUT2D eigenvalue weighted by molar-refractivity contribution is -0.188. The standard InChI is InChI=1S/C21H32N2O4/c1-15(2)16-6-8-17(9-7-16)22-19(25)27-21(26)10-12-23(13-11-21)18(24)14-20(3,4)5/h6-9,15,26H,10-14H2,1-5H3,(H,22,25). The molecule has 0 bridgehead atoms. The number of nitrogens with one attached hydrogen (secondary N) is 1. The van der Waals surface area contributed by atoms with Crippen LogP contribution < -0.4 is 5.32 Å². The van der Waals surface area contributed by atoms with Crippen LogP contribution in [0.3, 0.4) is 0 Å². The number of carbonyl (C=O) groups excluding carboxylic acids is 2. The molecule has 0 saturated carbocycles. The van der Waals surface area contributed by atoms with Gasteiger partial charge in [-0.15, -0.1) is 0 Å². The number of hydrogen-bond acceptors (Lipinski definition) is 4. The Hall–Kier alpha value is -2.08. The molecule has 1 aromatic rings. The van der Waals surface area contributed by atoms with Gasteiger partial charge in [0.1, 0.15) is 0 Å². The Morgan fingerprint density at radius 1 is 1.19 bits per heavy atom. The van der Waals surface area contributed by atoms with Crippen molar-refractivity contribution >= 4 is 17.7 Å². The second-order valence-corrected chi connectivity index (χ2v) is 8.86. The first-order valence-electron chi connectivity index (χ1n) is 9.58. The third kappa shape index (κ3) is 6.54. The SMILES string of the molecule is CC(C)c1ccc(NC(=O)OC2(O)CCN(C(=O)CC(C)(C)C)CC2)cc1. The van der Waals surface area contributed by atoms with Crippen molar-refractivity contribution in [2.24, 2.45) is 5.41 Å². The van der Waals surface area contributed by atoms with Crippen molar-refractivity contribution in [3.8, 4) is 0 Å². The van der Waals surface area contributed by atoms with Crippen molar-refractivity contribution in [2.45, 2.75) is 65.6 Å². The van der Waals surface area contributed by atoms with E-state index in [1.165, 1.54) is 5.56 Å². The molecule has 1 saturated heterocycles. The van der Waals surface area contributed by atoms with Gasteiger partial charge in [-0.3, -0.25) is 10.1 Å². The monoisotopic (exact) mass is 376 g/mol. The van der Waals surface area contributed by atoms with Gasteiger partial charge < -0.3 is 14.7 Å². The fourth-order valence-corrected chi connectivity index (χ4v) is 3.04. The van der Waals surface area contributed by atoms with Crippen molar-refractivity contribution in [2.75, 3.05) is 18.4 Å². The van der Waals surface area contributed by atoms with Crippen LogP contribution in [-0.4, -0.2) is 40.9 Å². The van der Waals surface area contributed by atoms with Gasteiger partial charge in [-0.1, -0.05) is 46.8 Å².